The normalized spacial score (nSPS) is 13.6. The third-order valence-electron chi connectivity index (χ3n) is 4.56. The number of hydrogen-bond donors (Lipinski definition) is 1. The fourth-order valence-corrected chi connectivity index (χ4v) is 3.28. The van der Waals surface area contributed by atoms with Crippen LogP contribution in [0.4, 0.5) is 11.4 Å². The SMILES string of the molecule is COc1cc(Cl)c(C)cc1N/C=C(/C#N)C(=O)N1CCCc2ccccc21. The largest absolute Gasteiger partial charge is 0.495 e. The van der Waals surface area contributed by atoms with E-state index in [2.05, 4.69) is 5.32 Å². The summed E-state index contributed by atoms with van der Waals surface area (Å²) in [4.78, 5) is 14.6. The highest BCUT2D eigenvalue weighted by atomic mass is 35.5. The van der Waals surface area contributed by atoms with Gasteiger partial charge in [-0.25, -0.2) is 0 Å². The zero-order valence-electron chi connectivity index (χ0n) is 15.3. The second-order valence-electron chi connectivity index (χ2n) is 6.30. The first-order valence-corrected chi connectivity index (χ1v) is 9.03. The molecule has 2 aromatic rings. The molecule has 0 fully saturated rings. The number of benzene rings is 2. The number of amides is 1. The van der Waals surface area contributed by atoms with Gasteiger partial charge in [0.2, 0.25) is 0 Å². The van der Waals surface area contributed by atoms with E-state index in [4.69, 9.17) is 16.3 Å². The van der Waals surface area contributed by atoms with Gasteiger partial charge in [0, 0.05) is 29.5 Å². The fraction of sp³-hybridized carbons (Fsp3) is 0.238. The number of hydrogen-bond acceptors (Lipinski definition) is 4. The standard InChI is InChI=1S/C21H20ClN3O2/c1-14-10-18(20(27-2)11-17(14)22)24-13-16(12-23)21(26)25-9-5-7-15-6-3-4-8-19(15)25/h3-4,6,8,10-11,13,24H,5,7,9H2,1-2H3/b16-13-. The summed E-state index contributed by atoms with van der Waals surface area (Å²) >= 11 is 6.12. The van der Waals surface area contributed by atoms with Crippen molar-refractivity contribution < 1.29 is 9.53 Å². The molecular formula is C21H20ClN3O2. The topological polar surface area (TPSA) is 65.4 Å². The van der Waals surface area contributed by atoms with Crippen LogP contribution in [0.1, 0.15) is 17.5 Å². The summed E-state index contributed by atoms with van der Waals surface area (Å²) in [6, 6.07) is 13.3. The van der Waals surface area contributed by atoms with Crippen molar-refractivity contribution in [2.24, 2.45) is 0 Å². The van der Waals surface area contributed by atoms with Crippen LogP contribution in [0.2, 0.25) is 5.02 Å². The summed E-state index contributed by atoms with van der Waals surface area (Å²) in [6.45, 7) is 2.47. The Morgan fingerprint density at radius 3 is 2.89 bits per heavy atom. The first kappa shape index (κ1) is 18.8. The van der Waals surface area contributed by atoms with E-state index in [1.54, 1.807) is 11.0 Å². The molecule has 0 aromatic heterocycles. The molecule has 1 amide bonds. The lowest BCUT2D eigenvalue weighted by molar-refractivity contribution is -0.114. The number of para-hydroxylation sites is 1. The van der Waals surface area contributed by atoms with E-state index in [0.717, 1.165) is 29.7 Å². The zero-order chi connectivity index (χ0) is 19.4. The molecule has 1 N–H and O–H groups in total. The van der Waals surface area contributed by atoms with E-state index in [9.17, 15) is 10.1 Å². The lowest BCUT2D eigenvalue weighted by Crippen LogP contribution is -2.36. The summed E-state index contributed by atoms with van der Waals surface area (Å²) in [5.41, 5.74) is 3.52. The Bertz CT molecular complexity index is 947. The van der Waals surface area contributed by atoms with Gasteiger partial charge in [-0.05, 0) is 43.0 Å². The first-order valence-electron chi connectivity index (χ1n) is 8.66. The van der Waals surface area contributed by atoms with Crippen LogP contribution in [-0.4, -0.2) is 19.6 Å². The maximum absolute atomic E-state index is 12.9. The van der Waals surface area contributed by atoms with E-state index < -0.39 is 0 Å². The van der Waals surface area contributed by atoms with E-state index in [0.29, 0.717) is 23.0 Å². The molecule has 0 bridgehead atoms. The van der Waals surface area contributed by atoms with E-state index in [1.165, 1.54) is 13.3 Å². The van der Waals surface area contributed by atoms with Crippen LogP contribution in [0, 0.1) is 18.3 Å². The number of nitriles is 1. The highest BCUT2D eigenvalue weighted by molar-refractivity contribution is 6.31. The predicted molar refractivity (Wildman–Crippen MR) is 107 cm³/mol. The number of fused-ring (bicyclic) bond motifs is 1. The Hall–Kier alpha value is -2.97. The molecule has 1 aliphatic heterocycles. The maximum Gasteiger partial charge on any atom is 0.270 e. The second-order valence-corrected chi connectivity index (χ2v) is 6.71. The minimum Gasteiger partial charge on any atom is -0.495 e. The molecule has 3 rings (SSSR count). The van der Waals surface area contributed by atoms with Crippen LogP contribution in [0.3, 0.4) is 0 Å². The van der Waals surface area contributed by atoms with Crippen molar-refractivity contribution in [3.05, 3.63) is 64.3 Å². The van der Waals surface area contributed by atoms with E-state index >= 15 is 0 Å². The summed E-state index contributed by atoms with van der Waals surface area (Å²) in [6.07, 6.45) is 3.23. The number of rotatable bonds is 4. The molecule has 1 aliphatic rings. The number of anilines is 2. The van der Waals surface area contributed by atoms with E-state index in [1.807, 2.05) is 43.3 Å². The molecule has 0 atom stereocenters. The van der Waals surface area contributed by atoms with Gasteiger partial charge in [0.1, 0.15) is 17.4 Å². The van der Waals surface area contributed by atoms with Crippen molar-refractivity contribution in [1.29, 1.82) is 5.26 Å². The molecule has 0 saturated heterocycles. The number of halogens is 1. The van der Waals surface area contributed by atoms with Gasteiger partial charge in [-0.2, -0.15) is 5.26 Å². The van der Waals surface area contributed by atoms with Crippen LogP contribution >= 0.6 is 11.6 Å². The van der Waals surface area contributed by atoms with Crippen molar-refractivity contribution in [1.82, 2.24) is 0 Å². The smallest absolute Gasteiger partial charge is 0.270 e. The minimum atomic E-state index is -0.318. The average Bonchev–Trinajstić information content (AvgIpc) is 2.70. The lowest BCUT2D eigenvalue weighted by Gasteiger charge is -2.29. The third-order valence-corrected chi connectivity index (χ3v) is 4.97. The van der Waals surface area contributed by atoms with Gasteiger partial charge in [-0.3, -0.25) is 4.79 Å². The number of carbonyl (C=O) groups is 1. The first-order chi connectivity index (χ1) is 13.0. The van der Waals surface area contributed by atoms with Gasteiger partial charge >= 0.3 is 0 Å². The molecular weight excluding hydrogens is 362 g/mol. The Morgan fingerprint density at radius 2 is 2.15 bits per heavy atom. The monoisotopic (exact) mass is 381 g/mol. The molecule has 0 aliphatic carbocycles. The summed E-state index contributed by atoms with van der Waals surface area (Å²) in [5.74, 6) is 0.219. The average molecular weight is 382 g/mol. The Morgan fingerprint density at radius 1 is 1.37 bits per heavy atom. The molecule has 5 nitrogen and oxygen atoms in total. The summed E-state index contributed by atoms with van der Waals surface area (Å²) < 4.78 is 5.32. The van der Waals surface area contributed by atoms with Gasteiger partial charge in [-0.1, -0.05) is 29.8 Å². The number of methoxy groups -OCH3 is 1. The molecule has 6 heteroatoms. The number of carbonyl (C=O) groups excluding carboxylic acids is 1. The van der Waals surface area contributed by atoms with Gasteiger partial charge in [0.25, 0.3) is 5.91 Å². The fourth-order valence-electron chi connectivity index (χ4n) is 3.13. The third kappa shape index (κ3) is 3.91. The van der Waals surface area contributed by atoms with E-state index in [-0.39, 0.29) is 11.5 Å². The van der Waals surface area contributed by atoms with Gasteiger partial charge in [0.15, 0.2) is 0 Å². The van der Waals surface area contributed by atoms with Gasteiger partial charge in [0.05, 0.1) is 12.8 Å². The number of ether oxygens (including phenoxy) is 1. The number of aryl methyl sites for hydroxylation is 2. The molecule has 0 unspecified atom stereocenters. The van der Waals surface area contributed by atoms with Gasteiger partial charge in [-0.15, -0.1) is 0 Å². The van der Waals surface area contributed by atoms with Crippen molar-refractivity contribution in [2.75, 3.05) is 23.9 Å². The zero-order valence-corrected chi connectivity index (χ0v) is 16.0. The van der Waals surface area contributed by atoms with Crippen LogP contribution in [0.25, 0.3) is 0 Å². The summed E-state index contributed by atoms with van der Waals surface area (Å²) in [7, 11) is 1.54. The minimum absolute atomic E-state index is 0.0290. The molecule has 27 heavy (non-hydrogen) atoms. The number of nitrogens with zero attached hydrogens (tertiary/aromatic N) is 2. The van der Waals surface area contributed by atoms with Crippen molar-refractivity contribution in [3.63, 3.8) is 0 Å². The molecule has 2 aromatic carbocycles. The highest BCUT2D eigenvalue weighted by Crippen LogP contribution is 2.31. The highest BCUT2D eigenvalue weighted by Gasteiger charge is 2.24. The molecule has 0 saturated carbocycles. The number of nitrogens with one attached hydrogen (secondary N) is 1. The molecule has 0 radical (unpaired) electrons. The second kappa shape index (κ2) is 8.15. The Kier molecular flexibility index (Phi) is 5.68. The van der Waals surface area contributed by atoms with Crippen LogP contribution < -0.4 is 15.0 Å². The van der Waals surface area contributed by atoms with Crippen molar-refractivity contribution in [3.8, 4) is 11.8 Å². The van der Waals surface area contributed by atoms with Crippen LogP contribution in [0.5, 0.6) is 5.75 Å². The molecule has 0 spiro atoms. The summed E-state index contributed by atoms with van der Waals surface area (Å²) in [5, 5.41) is 13.1. The Balaban J connectivity index is 1.87. The lowest BCUT2D eigenvalue weighted by atomic mass is 10.0. The van der Waals surface area contributed by atoms with Crippen LogP contribution in [-0.2, 0) is 11.2 Å². The van der Waals surface area contributed by atoms with Crippen molar-refractivity contribution >= 4 is 28.9 Å². The predicted octanol–water partition coefficient (Wildman–Crippen LogP) is 4.46. The molecule has 1 heterocycles. The maximum atomic E-state index is 12.9. The quantitative estimate of drug-likeness (QED) is 0.627. The Labute approximate surface area is 163 Å². The van der Waals surface area contributed by atoms with Gasteiger partial charge < -0.3 is 15.0 Å². The van der Waals surface area contributed by atoms with Crippen LogP contribution in [0.15, 0.2) is 48.2 Å². The van der Waals surface area contributed by atoms with Crippen molar-refractivity contribution in [2.45, 2.75) is 19.8 Å². The molecule has 138 valence electrons.